The Balaban J connectivity index is 2.07. The van der Waals surface area contributed by atoms with Crippen molar-refractivity contribution in [3.8, 4) is 5.75 Å². The molecule has 2 aromatic rings. The van der Waals surface area contributed by atoms with E-state index < -0.39 is 11.7 Å². The fourth-order valence-corrected chi connectivity index (χ4v) is 2.92. The Labute approximate surface area is 182 Å². The molecule has 0 bridgehead atoms. The highest BCUT2D eigenvalue weighted by Gasteiger charge is 2.20. The standard InChI is InChI=1S/C19H22BrCl2N3O3/c1-19(2,3)28-18(26)25-17-15(9-14(20)16(22)24-17)27-10-13(23)8-11-5-4-6-12(21)7-11/h4-7,9,13H,8,10,23H2,1-3H3,(H,24,25,26)/t13-/m0/s1. The van der Waals surface area contributed by atoms with Gasteiger partial charge in [-0.1, -0.05) is 35.3 Å². The third-order valence-electron chi connectivity index (χ3n) is 3.36. The molecule has 9 heteroatoms. The second-order valence-electron chi connectivity index (χ2n) is 7.14. The third kappa shape index (κ3) is 7.47. The van der Waals surface area contributed by atoms with Gasteiger partial charge in [0.2, 0.25) is 0 Å². The lowest BCUT2D eigenvalue weighted by Crippen LogP contribution is -2.31. The number of anilines is 1. The topological polar surface area (TPSA) is 86.5 Å². The Morgan fingerprint density at radius 3 is 2.68 bits per heavy atom. The number of nitrogens with two attached hydrogens (primary N) is 1. The molecule has 0 aliphatic carbocycles. The van der Waals surface area contributed by atoms with Gasteiger partial charge in [-0.05, 0) is 60.8 Å². The lowest BCUT2D eigenvalue weighted by atomic mass is 10.1. The molecule has 1 amide bonds. The van der Waals surface area contributed by atoms with Gasteiger partial charge in [0.05, 0.1) is 4.47 Å². The van der Waals surface area contributed by atoms with Crippen LogP contribution in [0.15, 0.2) is 34.8 Å². The number of hydrogen-bond donors (Lipinski definition) is 2. The average Bonchev–Trinajstić information content (AvgIpc) is 2.55. The number of ether oxygens (including phenoxy) is 2. The summed E-state index contributed by atoms with van der Waals surface area (Å²) >= 11 is 15.3. The number of nitrogens with zero attached hydrogens (tertiary/aromatic N) is 1. The Hall–Kier alpha value is -1.54. The van der Waals surface area contributed by atoms with Crippen LogP contribution in [0.2, 0.25) is 10.2 Å². The first kappa shape index (κ1) is 22.7. The van der Waals surface area contributed by atoms with Crippen molar-refractivity contribution in [2.45, 2.75) is 38.8 Å². The van der Waals surface area contributed by atoms with E-state index in [4.69, 9.17) is 38.4 Å². The summed E-state index contributed by atoms with van der Waals surface area (Å²) in [5, 5.41) is 3.39. The van der Waals surface area contributed by atoms with E-state index in [-0.39, 0.29) is 23.6 Å². The van der Waals surface area contributed by atoms with E-state index in [1.807, 2.05) is 18.2 Å². The first-order valence-corrected chi connectivity index (χ1v) is 10.1. The first-order chi connectivity index (χ1) is 13.0. The van der Waals surface area contributed by atoms with E-state index >= 15 is 0 Å². The van der Waals surface area contributed by atoms with Crippen molar-refractivity contribution in [1.29, 1.82) is 0 Å². The molecule has 0 aliphatic rings. The van der Waals surface area contributed by atoms with Gasteiger partial charge in [-0.3, -0.25) is 5.32 Å². The number of amides is 1. The first-order valence-electron chi connectivity index (χ1n) is 8.52. The molecule has 0 fully saturated rings. The molecular weight excluding hydrogens is 469 g/mol. The summed E-state index contributed by atoms with van der Waals surface area (Å²) in [6.07, 6.45) is -0.0798. The highest BCUT2D eigenvalue weighted by Crippen LogP contribution is 2.32. The van der Waals surface area contributed by atoms with E-state index in [0.29, 0.717) is 21.7 Å². The van der Waals surface area contributed by atoms with E-state index in [0.717, 1.165) is 5.56 Å². The Kier molecular flexibility index (Phi) is 7.95. The predicted molar refractivity (Wildman–Crippen MR) is 115 cm³/mol. The normalized spacial score (nSPS) is 12.4. The quantitative estimate of drug-likeness (QED) is 0.526. The van der Waals surface area contributed by atoms with Gasteiger partial charge >= 0.3 is 6.09 Å². The monoisotopic (exact) mass is 489 g/mol. The van der Waals surface area contributed by atoms with Crippen molar-refractivity contribution in [1.82, 2.24) is 4.98 Å². The number of rotatable bonds is 6. The van der Waals surface area contributed by atoms with E-state index in [1.54, 1.807) is 32.9 Å². The minimum atomic E-state index is -0.661. The van der Waals surface area contributed by atoms with Crippen LogP contribution in [0.4, 0.5) is 10.6 Å². The Morgan fingerprint density at radius 2 is 2.04 bits per heavy atom. The van der Waals surface area contributed by atoms with Crippen LogP contribution in [0, 0.1) is 0 Å². The maximum atomic E-state index is 12.1. The molecule has 3 N–H and O–H groups in total. The highest BCUT2D eigenvalue weighted by molar-refractivity contribution is 9.10. The van der Waals surface area contributed by atoms with Crippen molar-refractivity contribution >= 4 is 51.0 Å². The maximum absolute atomic E-state index is 12.1. The summed E-state index contributed by atoms with van der Waals surface area (Å²) in [6, 6.07) is 8.81. The van der Waals surface area contributed by atoms with Crippen LogP contribution in [-0.4, -0.2) is 29.3 Å². The lowest BCUT2D eigenvalue weighted by Gasteiger charge is -2.20. The van der Waals surface area contributed by atoms with Crippen molar-refractivity contribution in [2.75, 3.05) is 11.9 Å². The van der Waals surface area contributed by atoms with Gasteiger partial charge in [0.25, 0.3) is 0 Å². The fraction of sp³-hybridized carbons (Fsp3) is 0.368. The molecule has 6 nitrogen and oxygen atoms in total. The van der Waals surface area contributed by atoms with Gasteiger partial charge in [-0.2, -0.15) is 0 Å². The molecule has 0 aliphatic heterocycles. The van der Waals surface area contributed by atoms with Crippen molar-refractivity contribution in [3.05, 3.63) is 50.5 Å². The van der Waals surface area contributed by atoms with Crippen molar-refractivity contribution in [3.63, 3.8) is 0 Å². The molecule has 1 aromatic heterocycles. The second-order valence-corrected chi connectivity index (χ2v) is 8.79. The number of halogens is 3. The predicted octanol–water partition coefficient (Wildman–Crippen LogP) is 5.45. The number of hydrogen-bond acceptors (Lipinski definition) is 5. The molecule has 0 saturated heterocycles. The largest absolute Gasteiger partial charge is 0.488 e. The third-order valence-corrected chi connectivity index (χ3v) is 4.71. The number of aromatic nitrogens is 1. The van der Waals surface area contributed by atoms with Crippen LogP contribution in [-0.2, 0) is 11.2 Å². The molecule has 1 aromatic carbocycles. The SMILES string of the molecule is CC(C)(C)OC(=O)Nc1nc(Cl)c(Br)cc1OC[C@@H](N)Cc1cccc(Cl)c1. The molecule has 1 heterocycles. The molecule has 0 spiro atoms. The zero-order chi connectivity index (χ0) is 20.9. The zero-order valence-corrected chi connectivity index (χ0v) is 18.9. The van der Waals surface area contributed by atoms with E-state index in [1.165, 1.54) is 0 Å². The van der Waals surface area contributed by atoms with Gasteiger partial charge in [0.15, 0.2) is 11.6 Å². The summed E-state index contributed by atoms with van der Waals surface area (Å²) in [6.45, 7) is 5.49. The van der Waals surface area contributed by atoms with E-state index in [2.05, 4.69) is 26.2 Å². The fourth-order valence-electron chi connectivity index (χ4n) is 2.27. The molecule has 152 valence electrons. The van der Waals surface area contributed by atoms with Crippen LogP contribution in [0.3, 0.4) is 0 Å². The highest BCUT2D eigenvalue weighted by atomic mass is 79.9. The second kappa shape index (κ2) is 9.78. The van der Waals surface area contributed by atoms with Crippen LogP contribution in [0.5, 0.6) is 5.75 Å². The smallest absolute Gasteiger partial charge is 0.413 e. The number of carbonyl (C=O) groups excluding carboxylic acids is 1. The molecule has 0 radical (unpaired) electrons. The van der Waals surface area contributed by atoms with Gasteiger partial charge in [0.1, 0.15) is 17.4 Å². The summed E-state index contributed by atoms with van der Waals surface area (Å²) in [5.74, 6) is 0.473. The van der Waals surface area contributed by atoms with Gasteiger partial charge in [-0.15, -0.1) is 0 Å². The molecule has 28 heavy (non-hydrogen) atoms. The van der Waals surface area contributed by atoms with Crippen LogP contribution in [0.1, 0.15) is 26.3 Å². The van der Waals surface area contributed by atoms with Gasteiger partial charge in [0, 0.05) is 17.1 Å². The minimum absolute atomic E-state index is 0.150. The molecule has 0 saturated carbocycles. The molecule has 0 unspecified atom stereocenters. The minimum Gasteiger partial charge on any atom is -0.488 e. The van der Waals surface area contributed by atoms with Gasteiger partial charge < -0.3 is 15.2 Å². The van der Waals surface area contributed by atoms with Crippen LogP contribution >= 0.6 is 39.1 Å². The van der Waals surface area contributed by atoms with Gasteiger partial charge in [-0.25, -0.2) is 9.78 Å². The van der Waals surface area contributed by atoms with Crippen molar-refractivity contribution < 1.29 is 14.3 Å². The molecule has 2 rings (SSSR count). The van der Waals surface area contributed by atoms with Crippen LogP contribution < -0.4 is 15.8 Å². The van der Waals surface area contributed by atoms with E-state index in [9.17, 15) is 4.79 Å². The summed E-state index contributed by atoms with van der Waals surface area (Å²) < 4.78 is 11.6. The number of benzene rings is 1. The number of nitrogens with one attached hydrogen (secondary N) is 1. The maximum Gasteiger partial charge on any atom is 0.413 e. The lowest BCUT2D eigenvalue weighted by molar-refractivity contribution is 0.0634. The average molecular weight is 491 g/mol. The summed E-state index contributed by atoms with van der Waals surface area (Å²) in [4.78, 5) is 16.2. The van der Waals surface area contributed by atoms with Crippen molar-refractivity contribution in [2.24, 2.45) is 5.73 Å². The Bertz CT molecular complexity index is 844. The summed E-state index contributed by atoms with van der Waals surface area (Å²) in [5.41, 5.74) is 6.52. The number of pyridine rings is 1. The summed E-state index contributed by atoms with van der Waals surface area (Å²) in [7, 11) is 0. The zero-order valence-electron chi connectivity index (χ0n) is 15.8. The van der Waals surface area contributed by atoms with Crippen LogP contribution in [0.25, 0.3) is 0 Å². The Morgan fingerprint density at radius 1 is 1.32 bits per heavy atom. The molecular formula is C19H22BrCl2N3O3. The molecule has 1 atom stereocenters. The number of carbonyl (C=O) groups is 1.